The van der Waals surface area contributed by atoms with E-state index >= 15 is 0 Å². The first-order chi connectivity index (χ1) is 16.5. The summed E-state index contributed by atoms with van der Waals surface area (Å²) in [7, 11) is 1.59. The maximum absolute atomic E-state index is 14.7. The second kappa shape index (κ2) is 10.8. The van der Waals surface area contributed by atoms with Gasteiger partial charge in [0.15, 0.2) is 0 Å². The van der Waals surface area contributed by atoms with Crippen LogP contribution in [0, 0.1) is 11.7 Å². The van der Waals surface area contributed by atoms with Crippen LogP contribution in [0.3, 0.4) is 0 Å². The Labute approximate surface area is 199 Å². The molecule has 34 heavy (non-hydrogen) atoms. The molecule has 1 fully saturated rings. The molecule has 1 saturated heterocycles. The number of methoxy groups -OCH3 is 1. The van der Waals surface area contributed by atoms with Gasteiger partial charge in [-0.3, -0.25) is 14.5 Å². The first-order valence-electron chi connectivity index (χ1n) is 11.7. The second-order valence-corrected chi connectivity index (χ2v) is 8.58. The van der Waals surface area contributed by atoms with Crippen LogP contribution in [0.4, 0.5) is 4.39 Å². The Hall–Kier alpha value is -3.26. The molecule has 8 heteroatoms. The molecule has 2 aromatic rings. The standard InChI is InChI=1S/C26H30FN3O4/c1-3-34-26(32)19-9-7-13-29(16-19)17-25(31)30-24(21-11-4-5-12-22(21)27)15-23(28-30)18-8-6-10-20(14-18)33-2/h4-6,8,10-12,14,19,24H,3,7,9,13,15-17H2,1-2H3. The van der Waals surface area contributed by atoms with E-state index in [1.54, 1.807) is 32.2 Å². The van der Waals surface area contributed by atoms with Crippen LogP contribution >= 0.6 is 0 Å². The van der Waals surface area contributed by atoms with Crippen LogP contribution in [0.15, 0.2) is 53.6 Å². The molecule has 0 N–H and O–H groups in total. The number of likely N-dealkylation sites (tertiary alicyclic amines) is 1. The summed E-state index contributed by atoms with van der Waals surface area (Å²) in [5.41, 5.74) is 1.96. The minimum atomic E-state index is -0.541. The number of rotatable bonds is 7. The van der Waals surface area contributed by atoms with Crippen molar-refractivity contribution in [1.29, 1.82) is 0 Å². The fraction of sp³-hybridized carbons (Fsp3) is 0.423. The van der Waals surface area contributed by atoms with Gasteiger partial charge in [-0.25, -0.2) is 9.40 Å². The van der Waals surface area contributed by atoms with E-state index in [1.165, 1.54) is 11.1 Å². The molecule has 7 nitrogen and oxygen atoms in total. The number of amides is 1. The molecule has 2 aromatic carbocycles. The molecule has 2 heterocycles. The Morgan fingerprint density at radius 1 is 1.18 bits per heavy atom. The molecule has 0 spiro atoms. The van der Waals surface area contributed by atoms with Gasteiger partial charge in [0.2, 0.25) is 0 Å². The molecule has 2 atom stereocenters. The highest BCUT2D eigenvalue weighted by molar-refractivity contribution is 6.03. The van der Waals surface area contributed by atoms with E-state index in [1.807, 2.05) is 29.2 Å². The monoisotopic (exact) mass is 467 g/mol. The summed E-state index contributed by atoms with van der Waals surface area (Å²) < 4.78 is 25.2. The molecular weight excluding hydrogens is 437 g/mol. The van der Waals surface area contributed by atoms with Gasteiger partial charge >= 0.3 is 5.97 Å². The van der Waals surface area contributed by atoms with Gasteiger partial charge in [0, 0.05) is 24.1 Å². The number of nitrogens with zero attached hydrogens (tertiary/aromatic N) is 3. The first-order valence-corrected chi connectivity index (χ1v) is 11.7. The topological polar surface area (TPSA) is 71.4 Å². The van der Waals surface area contributed by atoms with Gasteiger partial charge in [0.25, 0.3) is 5.91 Å². The number of carbonyl (C=O) groups excluding carboxylic acids is 2. The molecule has 0 bridgehead atoms. The SMILES string of the molecule is CCOC(=O)C1CCCN(CC(=O)N2N=C(c3cccc(OC)c3)CC2c2ccccc2F)C1. The number of hydrogen-bond acceptors (Lipinski definition) is 6. The van der Waals surface area contributed by atoms with Gasteiger partial charge in [-0.1, -0.05) is 30.3 Å². The molecule has 0 aliphatic carbocycles. The van der Waals surface area contributed by atoms with Crippen LogP contribution in [0.5, 0.6) is 5.75 Å². The van der Waals surface area contributed by atoms with E-state index in [4.69, 9.17) is 9.47 Å². The van der Waals surface area contributed by atoms with E-state index in [9.17, 15) is 14.0 Å². The number of carbonyl (C=O) groups is 2. The average molecular weight is 468 g/mol. The lowest BCUT2D eigenvalue weighted by Gasteiger charge is -2.32. The maximum atomic E-state index is 14.7. The van der Waals surface area contributed by atoms with Crippen molar-refractivity contribution in [2.45, 2.75) is 32.2 Å². The number of halogens is 1. The van der Waals surface area contributed by atoms with Gasteiger partial charge in [0.05, 0.1) is 37.9 Å². The Morgan fingerprint density at radius 2 is 2.00 bits per heavy atom. The van der Waals surface area contributed by atoms with Crippen LogP contribution in [0.2, 0.25) is 0 Å². The van der Waals surface area contributed by atoms with Crippen molar-refractivity contribution in [3.8, 4) is 5.75 Å². The first kappa shape index (κ1) is 23.9. The number of hydrogen-bond donors (Lipinski definition) is 0. The minimum Gasteiger partial charge on any atom is -0.497 e. The number of hydrazone groups is 1. The maximum Gasteiger partial charge on any atom is 0.310 e. The Morgan fingerprint density at radius 3 is 2.76 bits per heavy atom. The van der Waals surface area contributed by atoms with E-state index < -0.39 is 6.04 Å². The molecule has 180 valence electrons. The van der Waals surface area contributed by atoms with Crippen molar-refractivity contribution in [3.63, 3.8) is 0 Å². The van der Waals surface area contributed by atoms with Crippen LogP contribution in [0.25, 0.3) is 0 Å². The molecule has 2 aliphatic heterocycles. The molecule has 0 saturated carbocycles. The highest BCUT2D eigenvalue weighted by atomic mass is 19.1. The largest absolute Gasteiger partial charge is 0.497 e. The highest BCUT2D eigenvalue weighted by Crippen LogP contribution is 2.35. The van der Waals surface area contributed by atoms with Gasteiger partial charge in [0.1, 0.15) is 11.6 Å². The lowest BCUT2D eigenvalue weighted by Crippen LogP contribution is -2.45. The van der Waals surface area contributed by atoms with Crippen molar-refractivity contribution in [2.24, 2.45) is 11.0 Å². The number of piperidine rings is 1. The molecule has 1 amide bonds. The number of esters is 1. The smallest absolute Gasteiger partial charge is 0.310 e. The summed E-state index contributed by atoms with van der Waals surface area (Å²) >= 11 is 0. The predicted molar refractivity (Wildman–Crippen MR) is 126 cm³/mol. The molecule has 0 aromatic heterocycles. The zero-order valence-electron chi connectivity index (χ0n) is 19.6. The molecule has 0 radical (unpaired) electrons. The molecule has 2 aliphatic rings. The van der Waals surface area contributed by atoms with Crippen LogP contribution < -0.4 is 4.74 Å². The summed E-state index contributed by atoms with van der Waals surface area (Å²) in [6.07, 6.45) is 1.96. The van der Waals surface area contributed by atoms with Gasteiger partial charge in [-0.05, 0) is 44.5 Å². The summed E-state index contributed by atoms with van der Waals surface area (Å²) in [5, 5.41) is 6.05. The van der Waals surface area contributed by atoms with Crippen molar-refractivity contribution < 1.29 is 23.5 Å². The van der Waals surface area contributed by atoms with Crippen LogP contribution in [-0.2, 0) is 14.3 Å². The third kappa shape index (κ3) is 5.28. The van der Waals surface area contributed by atoms with E-state index in [0.717, 1.165) is 18.4 Å². The van der Waals surface area contributed by atoms with Gasteiger partial charge in [-0.2, -0.15) is 5.10 Å². The quantitative estimate of drug-likeness (QED) is 0.580. The average Bonchev–Trinajstić information content (AvgIpc) is 3.30. The molecule has 4 rings (SSSR count). The molecule has 2 unspecified atom stereocenters. The van der Waals surface area contributed by atoms with Crippen LogP contribution in [-0.4, -0.2) is 60.8 Å². The summed E-state index contributed by atoms with van der Waals surface area (Å²) in [6.45, 7) is 3.42. The summed E-state index contributed by atoms with van der Waals surface area (Å²) in [5.74, 6) is -0.365. The fourth-order valence-corrected chi connectivity index (χ4v) is 4.62. The Balaban J connectivity index is 1.56. The second-order valence-electron chi connectivity index (χ2n) is 8.58. The highest BCUT2D eigenvalue weighted by Gasteiger charge is 2.36. The van der Waals surface area contributed by atoms with Crippen molar-refractivity contribution in [2.75, 3.05) is 33.4 Å². The predicted octanol–water partition coefficient (Wildman–Crippen LogP) is 3.79. The van der Waals surface area contributed by atoms with Crippen molar-refractivity contribution >= 4 is 17.6 Å². The lowest BCUT2D eigenvalue weighted by atomic mass is 9.97. The van der Waals surface area contributed by atoms with E-state index in [2.05, 4.69) is 5.10 Å². The summed E-state index contributed by atoms with van der Waals surface area (Å²) in [6, 6.07) is 13.4. The summed E-state index contributed by atoms with van der Waals surface area (Å²) in [4.78, 5) is 27.6. The van der Waals surface area contributed by atoms with Gasteiger partial charge < -0.3 is 9.47 Å². The van der Waals surface area contributed by atoms with Crippen LogP contribution in [0.1, 0.15) is 43.4 Å². The third-order valence-corrected chi connectivity index (χ3v) is 6.32. The van der Waals surface area contributed by atoms with E-state index in [0.29, 0.717) is 43.1 Å². The normalized spacial score (nSPS) is 20.7. The lowest BCUT2D eigenvalue weighted by molar-refractivity contribution is -0.150. The Bertz CT molecular complexity index is 1070. The van der Waals surface area contributed by atoms with Crippen molar-refractivity contribution in [1.82, 2.24) is 9.91 Å². The minimum absolute atomic E-state index is 0.107. The van der Waals surface area contributed by atoms with Gasteiger partial charge in [-0.15, -0.1) is 0 Å². The zero-order valence-corrected chi connectivity index (χ0v) is 19.6. The Kier molecular flexibility index (Phi) is 7.57. The molecular formula is C26H30FN3O4. The number of benzene rings is 2. The fourth-order valence-electron chi connectivity index (χ4n) is 4.62. The number of ether oxygens (including phenoxy) is 2. The zero-order chi connectivity index (χ0) is 24.1. The van der Waals surface area contributed by atoms with Crippen molar-refractivity contribution in [3.05, 3.63) is 65.5 Å². The van der Waals surface area contributed by atoms with E-state index in [-0.39, 0.29) is 30.2 Å². The third-order valence-electron chi connectivity index (χ3n) is 6.32.